The number of hydrogen-bond acceptors (Lipinski definition) is 6. The zero-order chi connectivity index (χ0) is 25.5. The van der Waals surface area contributed by atoms with Gasteiger partial charge in [-0.2, -0.15) is 5.10 Å². The number of hydrogen-bond donors (Lipinski definition) is 2. The Kier molecular flexibility index (Phi) is 5.61. The Bertz CT molecular complexity index is 1760. The molecule has 0 atom stereocenters. The number of rotatable bonds is 6. The van der Waals surface area contributed by atoms with Crippen molar-refractivity contribution in [2.75, 3.05) is 21.2 Å². The highest BCUT2D eigenvalue weighted by molar-refractivity contribution is 5.96. The number of halogens is 1. The number of pyridine rings is 2. The van der Waals surface area contributed by atoms with Gasteiger partial charge >= 0.3 is 0 Å². The molecule has 4 heterocycles. The molecule has 184 valence electrons. The third-order valence-electron chi connectivity index (χ3n) is 6.15. The lowest BCUT2D eigenvalue weighted by Gasteiger charge is -2.10. The largest absolute Gasteiger partial charge is 0.497 e. The predicted molar refractivity (Wildman–Crippen MR) is 142 cm³/mol. The van der Waals surface area contributed by atoms with Crippen molar-refractivity contribution >= 4 is 22.1 Å². The number of nitrogens with one attached hydrogen (secondary N) is 2. The number of benzene rings is 2. The molecule has 0 fully saturated rings. The molecule has 8 nitrogen and oxygen atoms in total. The molecule has 0 aliphatic heterocycles. The van der Waals surface area contributed by atoms with Crippen molar-refractivity contribution < 1.29 is 9.13 Å². The molecule has 0 aliphatic carbocycles. The SMILES string of the molecule is COc1cc(F)cc(-c2cccc3[nH]c(-c4n[nH]c5ccc(-c6cncc(CN(C)C)c6)nc45)nc23)c1. The molecule has 0 bridgehead atoms. The number of fused-ring (bicyclic) bond motifs is 2. The van der Waals surface area contributed by atoms with E-state index in [-0.39, 0.29) is 5.82 Å². The van der Waals surface area contributed by atoms with E-state index in [1.54, 1.807) is 6.07 Å². The topological polar surface area (TPSA) is 95.6 Å². The van der Waals surface area contributed by atoms with Crippen LogP contribution in [0.1, 0.15) is 5.56 Å². The first kappa shape index (κ1) is 22.8. The lowest BCUT2D eigenvalue weighted by Crippen LogP contribution is -2.10. The van der Waals surface area contributed by atoms with Gasteiger partial charge in [0.05, 0.1) is 29.4 Å². The van der Waals surface area contributed by atoms with Gasteiger partial charge in [-0.3, -0.25) is 10.1 Å². The van der Waals surface area contributed by atoms with Gasteiger partial charge < -0.3 is 14.6 Å². The van der Waals surface area contributed by atoms with Crippen molar-refractivity contribution in [1.29, 1.82) is 0 Å². The fourth-order valence-corrected chi connectivity index (χ4v) is 4.52. The summed E-state index contributed by atoms with van der Waals surface area (Å²) < 4.78 is 19.5. The lowest BCUT2D eigenvalue weighted by atomic mass is 10.0. The first-order valence-corrected chi connectivity index (χ1v) is 11.8. The average Bonchev–Trinajstić information content (AvgIpc) is 3.51. The number of para-hydroxylation sites is 1. The van der Waals surface area contributed by atoms with Crippen molar-refractivity contribution in [3.63, 3.8) is 0 Å². The second kappa shape index (κ2) is 9.11. The minimum absolute atomic E-state index is 0.374. The molecule has 9 heteroatoms. The van der Waals surface area contributed by atoms with Gasteiger partial charge in [0.1, 0.15) is 17.1 Å². The quantitative estimate of drug-likeness (QED) is 0.321. The highest BCUT2D eigenvalue weighted by Crippen LogP contribution is 2.33. The molecule has 0 saturated carbocycles. The van der Waals surface area contributed by atoms with Crippen LogP contribution >= 0.6 is 0 Å². The molecule has 0 radical (unpaired) electrons. The average molecular weight is 494 g/mol. The van der Waals surface area contributed by atoms with E-state index in [4.69, 9.17) is 14.7 Å². The predicted octanol–water partition coefficient (Wildman–Crippen LogP) is 5.44. The Morgan fingerprint density at radius 3 is 2.65 bits per heavy atom. The van der Waals surface area contributed by atoms with Crippen LogP contribution in [-0.4, -0.2) is 56.2 Å². The monoisotopic (exact) mass is 493 g/mol. The van der Waals surface area contributed by atoms with Crippen LogP contribution in [0.5, 0.6) is 5.75 Å². The maximum Gasteiger partial charge on any atom is 0.161 e. The highest BCUT2D eigenvalue weighted by atomic mass is 19.1. The molecule has 0 saturated heterocycles. The third-order valence-corrected chi connectivity index (χ3v) is 6.15. The van der Waals surface area contributed by atoms with Gasteiger partial charge in [-0.15, -0.1) is 0 Å². The van der Waals surface area contributed by atoms with Crippen molar-refractivity contribution in [1.82, 2.24) is 35.0 Å². The molecule has 0 unspecified atom stereocenters. The zero-order valence-corrected chi connectivity index (χ0v) is 20.6. The Balaban J connectivity index is 1.45. The molecule has 6 aromatic rings. The van der Waals surface area contributed by atoms with Crippen LogP contribution in [0, 0.1) is 5.82 Å². The summed E-state index contributed by atoms with van der Waals surface area (Å²) in [4.78, 5) is 19.6. The van der Waals surface area contributed by atoms with Crippen LogP contribution in [0.2, 0.25) is 0 Å². The maximum atomic E-state index is 14.2. The van der Waals surface area contributed by atoms with Crippen LogP contribution in [0.3, 0.4) is 0 Å². The van der Waals surface area contributed by atoms with Crippen LogP contribution in [-0.2, 0) is 6.54 Å². The summed E-state index contributed by atoms with van der Waals surface area (Å²) in [6.07, 6.45) is 3.68. The molecule has 0 amide bonds. The van der Waals surface area contributed by atoms with E-state index in [1.807, 2.05) is 56.8 Å². The molecule has 0 spiro atoms. The Hall–Kier alpha value is -4.63. The van der Waals surface area contributed by atoms with Crippen LogP contribution in [0.15, 0.2) is 67.0 Å². The summed E-state index contributed by atoms with van der Waals surface area (Å²) in [7, 11) is 5.57. The van der Waals surface area contributed by atoms with Crippen molar-refractivity contribution in [2.45, 2.75) is 6.54 Å². The van der Waals surface area contributed by atoms with Crippen LogP contribution < -0.4 is 4.74 Å². The number of aromatic amines is 2. The van der Waals surface area contributed by atoms with E-state index in [1.165, 1.54) is 19.2 Å². The maximum absolute atomic E-state index is 14.2. The van der Waals surface area contributed by atoms with E-state index in [0.717, 1.165) is 40.0 Å². The molecule has 2 aromatic carbocycles. The van der Waals surface area contributed by atoms with Gasteiger partial charge in [-0.25, -0.2) is 14.4 Å². The third kappa shape index (κ3) is 4.30. The first-order valence-electron chi connectivity index (χ1n) is 11.8. The van der Waals surface area contributed by atoms with E-state index in [9.17, 15) is 4.39 Å². The molecule has 4 aromatic heterocycles. The number of imidazole rings is 1. The minimum Gasteiger partial charge on any atom is -0.497 e. The van der Waals surface area contributed by atoms with Gasteiger partial charge in [0.15, 0.2) is 11.5 Å². The second-order valence-corrected chi connectivity index (χ2v) is 9.15. The number of methoxy groups -OCH3 is 1. The van der Waals surface area contributed by atoms with Gasteiger partial charge in [-0.1, -0.05) is 12.1 Å². The fourth-order valence-electron chi connectivity index (χ4n) is 4.52. The van der Waals surface area contributed by atoms with Crippen molar-refractivity contribution in [3.8, 4) is 39.7 Å². The number of nitrogens with zero attached hydrogens (tertiary/aromatic N) is 5. The molecule has 2 N–H and O–H groups in total. The summed E-state index contributed by atoms with van der Waals surface area (Å²) in [5, 5.41) is 7.57. The summed E-state index contributed by atoms with van der Waals surface area (Å²) in [5.74, 6) is 0.643. The first-order chi connectivity index (χ1) is 18.0. The minimum atomic E-state index is -0.374. The van der Waals surface area contributed by atoms with Gasteiger partial charge in [-0.05, 0) is 61.6 Å². The smallest absolute Gasteiger partial charge is 0.161 e. The van der Waals surface area contributed by atoms with Crippen molar-refractivity contribution in [2.24, 2.45) is 0 Å². The van der Waals surface area contributed by atoms with Crippen molar-refractivity contribution in [3.05, 3.63) is 78.4 Å². The molecule has 6 rings (SSSR count). The van der Waals surface area contributed by atoms with Gasteiger partial charge in [0.25, 0.3) is 0 Å². The molecule has 37 heavy (non-hydrogen) atoms. The second-order valence-electron chi connectivity index (χ2n) is 9.15. The van der Waals surface area contributed by atoms with E-state index < -0.39 is 0 Å². The van der Waals surface area contributed by atoms with E-state index in [2.05, 4.69) is 31.1 Å². The molecular formula is C28H24FN7O. The summed E-state index contributed by atoms with van der Waals surface area (Å²) in [6, 6.07) is 16.4. The number of H-pyrrole nitrogens is 2. The van der Waals surface area contributed by atoms with Crippen LogP contribution in [0.25, 0.3) is 56.0 Å². The normalized spacial score (nSPS) is 11.6. The van der Waals surface area contributed by atoms with Gasteiger partial charge in [0.2, 0.25) is 0 Å². The Labute approximate surface area is 212 Å². The number of ether oxygens (including phenoxy) is 1. The Morgan fingerprint density at radius 2 is 1.81 bits per heavy atom. The van der Waals surface area contributed by atoms with E-state index >= 15 is 0 Å². The Morgan fingerprint density at radius 1 is 0.919 bits per heavy atom. The molecular weight excluding hydrogens is 469 g/mol. The lowest BCUT2D eigenvalue weighted by molar-refractivity contribution is 0.402. The fraction of sp³-hybridized carbons (Fsp3) is 0.143. The van der Waals surface area contributed by atoms with Crippen LogP contribution in [0.4, 0.5) is 4.39 Å². The summed E-state index contributed by atoms with van der Waals surface area (Å²) in [5.41, 5.74) is 7.92. The highest BCUT2D eigenvalue weighted by Gasteiger charge is 2.17. The molecule has 0 aliphatic rings. The summed E-state index contributed by atoms with van der Waals surface area (Å²) in [6.45, 7) is 0.790. The summed E-state index contributed by atoms with van der Waals surface area (Å²) >= 11 is 0. The number of aromatic nitrogens is 6. The standard InChI is InChI=1S/C28H24FN7O/c1-36(2)15-16-9-18(14-30-13-16)22-7-8-24-26(31-22)27(35-34-24)28-32-23-6-4-5-21(25(23)33-28)17-10-19(29)12-20(11-17)37-3/h4-14H,15H2,1-3H3,(H,32,33)(H,34,35). The van der Waals surface area contributed by atoms with E-state index in [0.29, 0.717) is 33.9 Å². The zero-order valence-electron chi connectivity index (χ0n) is 20.6. The van der Waals surface area contributed by atoms with Gasteiger partial charge in [0, 0.05) is 36.1 Å².